The molecule has 18 heavy (non-hydrogen) atoms. The van der Waals surface area contributed by atoms with Gasteiger partial charge in [-0.05, 0) is 30.5 Å². The van der Waals surface area contributed by atoms with Gasteiger partial charge in [-0.15, -0.1) is 0 Å². The molecule has 1 unspecified atom stereocenters. The number of anilines is 1. The molecule has 0 saturated carbocycles. The Bertz CT molecular complexity index is 397. The fourth-order valence-electron chi connectivity index (χ4n) is 2.24. The first-order chi connectivity index (χ1) is 8.74. The zero-order valence-corrected chi connectivity index (χ0v) is 11.5. The fourth-order valence-corrected chi connectivity index (χ4v) is 2.47. The molecule has 0 aromatic heterocycles. The Labute approximate surface area is 113 Å². The van der Waals surface area contributed by atoms with E-state index in [0.29, 0.717) is 11.1 Å². The molecule has 1 fully saturated rings. The molecule has 1 aromatic carbocycles. The number of halogens is 1. The highest BCUT2D eigenvalue weighted by Crippen LogP contribution is 2.25. The third-order valence-corrected chi connectivity index (χ3v) is 3.73. The predicted octanol–water partition coefficient (Wildman–Crippen LogP) is 2.84. The van der Waals surface area contributed by atoms with Gasteiger partial charge in [0, 0.05) is 30.4 Å². The summed E-state index contributed by atoms with van der Waals surface area (Å²) < 4.78 is 5.76. The third-order valence-electron chi connectivity index (χ3n) is 3.38. The largest absolute Gasteiger partial charge is 0.392 e. The molecule has 0 amide bonds. The molecule has 2 rings (SSSR count). The lowest BCUT2D eigenvalue weighted by atomic mass is 10.2. The summed E-state index contributed by atoms with van der Waals surface area (Å²) in [7, 11) is 0. The van der Waals surface area contributed by atoms with Crippen LogP contribution in [0.5, 0.6) is 0 Å². The molecule has 1 aromatic rings. The van der Waals surface area contributed by atoms with Crippen molar-refractivity contribution in [3.63, 3.8) is 0 Å². The highest BCUT2D eigenvalue weighted by atomic mass is 35.5. The van der Waals surface area contributed by atoms with E-state index < -0.39 is 0 Å². The van der Waals surface area contributed by atoms with Gasteiger partial charge >= 0.3 is 0 Å². The standard InChI is InChI=1S/C14H20ClNO2/c1-2-13-9-16(6-3-7-18-13)12-5-4-11(10-17)14(15)8-12/h4-5,8,13,17H,2-3,6-7,9-10H2,1H3. The van der Waals surface area contributed by atoms with Crippen LogP contribution >= 0.6 is 11.6 Å². The molecule has 0 aliphatic carbocycles. The smallest absolute Gasteiger partial charge is 0.0747 e. The van der Waals surface area contributed by atoms with E-state index in [1.54, 1.807) is 0 Å². The second-order valence-electron chi connectivity index (χ2n) is 4.63. The van der Waals surface area contributed by atoms with Gasteiger partial charge in [0.25, 0.3) is 0 Å². The first-order valence-electron chi connectivity index (χ1n) is 6.50. The molecule has 1 saturated heterocycles. The maximum absolute atomic E-state index is 9.13. The summed E-state index contributed by atoms with van der Waals surface area (Å²) >= 11 is 6.14. The number of nitrogens with zero attached hydrogens (tertiary/aromatic N) is 1. The number of hydrogen-bond donors (Lipinski definition) is 1. The van der Waals surface area contributed by atoms with Crippen LogP contribution in [0.15, 0.2) is 18.2 Å². The first-order valence-corrected chi connectivity index (χ1v) is 6.88. The van der Waals surface area contributed by atoms with E-state index in [4.69, 9.17) is 21.4 Å². The Morgan fingerprint density at radius 1 is 1.50 bits per heavy atom. The van der Waals surface area contributed by atoms with E-state index in [9.17, 15) is 0 Å². The number of aliphatic hydroxyl groups is 1. The van der Waals surface area contributed by atoms with Gasteiger partial charge in [0.05, 0.1) is 12.7 Å². The SMILES string of the molecule is CCC1CN(c2ccc(CO)c(Cl)c2)CCCO1. The molecule has 0 spiro atoms. The lowest BCUT2D eigenvalue weighted by Gasteiger charge is -2.25. The zero-order valence-electron chi connectivity index (χ0n) is 10.7. The van der Waals surface area contributed by atoms with Crippen LogP contribution in [0.2, 0.25) is 5.02 Å². The van der Waals surface area contributed by atoms with Crippen LogP contribution < -0.4 is 4.90 Å². The van der Waals surface area contributed by atoms with Crippen LogP contribution in [0, 0.1) is 0 Å². The molecule has 3 nitrogen and oxygen atoms in total. The number of benzene rings is 1. The highest BCUT2D eigenvalue weighted by molar-refractivity contribution is 6.31. The van der Waals surface area contributed by atoms with Crippen molar-refractivity contribution in [2.45, 2.75) is 32.5 Å². The number of hydrogen-bond acceptors (Lipinski definition) is 3. The molecule has 0 bridgehead atoms. The van der Waals surface area contributed by atoms with Crippen LogP contribution in [-0.4, -0.2) is 30.9 Å². The molecule has 4 heteroatoms. The maximum Gasteiger partial charge on any atom is 0.0747 e. The summed E-state index contributed by atoms with van der Waals surface area (Å²) in [6.07, 6.45) is 2.36. The van der Waals surface area contributed by atoms with Crippen LogP contribution in [0.3, 0.4) is 0 Å². The number of ether oxygens (including phenoxy) is 1. The van der Waals surface area contributed by atoms with Crippen molar-refractivity contribution < 1.29 is 9.84 Å². The summed E-state index contributed by atoms with van der Waals surface area (Å²) in [4.78, 5) is 2.31. The maximum atomic E-state index is 9.13. The molecular formula is C14H20ClNO2. The van der Waals surface area contributed by atoms with Gasteiger partial charge in [-0.1, -0.05) is 24.6 Å². The van der Waals surface area contributed by atoms with Crippen molar-refractivity contribution in [2.75, 3.05) is 24.6 Å². The molecule has 0 radical (unpaired) electrons. The quantitative estimate of drug-likeness (QED) is 0.916. The van der Waals surface area contributed by atoms with E-state index in [0.717, 1.165) is 43.8 Å². The van der Waals surface area contributed by atoms with E-state index in [2.05, 4.69) is 11.8 Å². The molecule has 1 aliphatic heterocycles. The topological polar surface area (TPSA) is 32.7 Å². The van der Waals surface area contributed by atoms with Gasteiger partial charge < -0.3 is 14.7 Å². The third kappa shape index (κ3) is 3.16. The van der Waals surface area contributed by atoms with Gasteiger partial charge in [0.2, 0.25) is 0 Å². The second kappa shape index (κ2) is 6.41. The average Bonchev–Trinajstić information content (AvgIpc) is 2.64. The Morgan fingerprint density at radius 3 is 3.00 bits per heavy atom. The van der Waals surface area contributed by atoms with Crippen molar-refractivity contribution in [1.29, 1.82) is 0 Å². The number of rotatable bonds is 3. The monoisotopic (exact) mass is 269 g/mol. The van der Waals surface area contributed by atoms with Crippen molar-refractivity contribution in [2.24, 2.45) is 0 Å². The van der Waals surface area contributed by atoms with Crippen molar-refractivity contribution in [1.82, 2.24) is 0 Å². The minimum Gasteiger partial charge on any atom is -0.392 e. The summed E-state index contributed by atoms with van der Waals surface area (Å²) in [6, 6.07) is 5.85. The van der Waals surface area contributed by atoms with Gasteiger partial charge in [-0.3, -0.25) is 0 Å². The Balaban J connectivity index is 2.16. The van der Waals surface area contributed by atoms with Crippen LogP contribution in [0.4, 0.5) is 5.69 Å². The zero-order chi connectivity index (χ0) is 13.0. The van der Waals surface area contributed by atoms with Crippen molar-refractivity contribution in [3.05, 3.63) is 28.8 Å². The normalized spacial score (nSPS) is 20.8. The first kappa shape index (κ1) is 13.7. The number of aliphatic hydroxyl groups excluding tert-OH is 1. The minimum atomic E-state index is -0.0141. The summed E-state index contributed by atoms with van der Waals surface area (Å²) in [6.45, 7) is 4.86. The summed E-state index contributed by atoms with van der Waals surface area (Å²) in [5.41, 5.74) is 1.89. The van der Waals surface area contributed by atoms with Gasteiger partial charge in [0.1, 0.15) is 0 Å². The molecular weight excluding hydrogens is 250 g/mol. The van der Waals surface area contributed by atoms with Crippen molar-refractivity contribution >= 4 is 17.3 Å². The molecule has 1 N–H and O–H groups in total. The van der Waals surface area contributed by atoms with Gasteiger partial charge in [-0.25, -0.2) is 0 Å². The summed E-state index contributed by atoms with van der Waals surface area (Å²) in [5.74, 6) is 0. The van der Waals surface area contributed by atoms with Crippen molar-refractivity contribution in [3.8, 4) is 0 Å². The van der Waals surface area contributed by atoms with Crippen LogP contribution in [-0.2, 0) is 11.3 Å². The van der Waals surface area contributed by atoms with E-state index in [1.165, 1.54) is 0 Å². The Hall–Kier alpha value is -0.770. The van der Waals surface area contributed by atoms with Crippen LogP contribution in [0.1, 0.15) is 25.3 Å². The summed E-state index contributed by atoms with van der Waals surface area (Å²) in [5, 5.41) is 9.76. The Morgan fingerprint density at radius 2 is 2.33 bits per heavy atom. The predicted molar refractivity (Wildman–Crippen MR) is 74.2 cm³/mol. The van der Waals surface area contributed by atoms with Crippen LogP contribution in [0.25, 0.3) is 0 Å². The van der Waals surface area contributed by atoms with E-state index in [-0.39, 0.29) is 6.61 Å². The fraction of sp³-hybridized carbons (Fsp3) is 0.571. The molecule has 1 heterocycles. The molecule has 100 valence electrons. The van der Waals surface area contributed by atoms with Gasteiger partial charge in [0.15, 0.2) is 0 Å². The minimum absolute atomic E-state index is 0.0141. The van der Waals surface area contributed by atoms with E-state index >= 15 is 0 Å². The van der Waals surface area contributed by atoms with Gasteiger partial charge in [-0.2, -0.15) is 0 Å². The lowest BCUT2D eigenvalue weighted by Crippen LogP contribution is -2.31. The molecule has 1 atom stereocenters. The lowest BCUT2D eigenvalue weighted by molar-refractivity contribution is 0.0664. The highest BCUT2D eigenvalue weighted by Gasteiger charge is 2.18. The Kier molecular flexibility index (Phi) is 4.87. The average molecular weight is 270 g/mol. The molecule has 1 aliphatic rings. The van der Waals surface area contributed by atoms with E-state index in [1.807, 2.05) is 18.2 Å². The second-order valence-corrected chi connectivity index (χ2v) is 5.04.